The van der Waals surface area contributed by atoms with E-state index < -0.39 is 15.6 Å². The molecule has 0 aromatic heterocycles. The zero-order valence-corrected chi connectivity index (χ0v) is 6.97. The van der Waals surface area contributed by atoms with Gasteiger partial charge in [0.25, 0.3) is 0 Å². The van der Waals surface area contributed by atoms with Gasteiger partial charge in [0.15, 0.2) is 6.40 Å². The van der Waals surface area contributed by atoms with Crippen LogP contribution in [0.2, 0.25) is 0 Å². The van der Waals surface area contributed by atoms with Crippen LogP contribution in [0.15, 0.2) is 4.99 Å². The quantitative estimate of drug-likeness (QED) is 0.475. The number of halogens is 3. The third kappa shape index (κ3) is 5.42. The summed E-state index contributed by atoms with van der Waals surface area (Å²) in [6, 6.07) is 0. The summed E-state index contributed by atoms with van der Waals surface area (Å²) in [7, 11) is -5.84. The van der Waals surface area contributed by atoms with E-state index in [1.54, 1.807) is 0 Å². The summed E-state index contributed by atoms with van der Waals surface area (Å²) in [6.07, 6.45) is 1.49. The first-order valence-electron chi connectivity index (χ1n) is 2.89. The number of rotatable bonds is 0. The second-order valence-corrected chi connectivity index (χ2v) is 3.22. The minimum Gasteiger partial charge on any atom is -0.482 e. The predicted molar refractivity (Wildman–Crippen MR) is 36.9 cm³/mol. The van der Waals surface area contributed by atoms with Crippen molar-refractivity contribution in [2.75, 3.05) is 13.2 Å². The van der Waals surface area contributed by atoms with E-state index in [1.165, 1.54) is 6.40 Å². The Morgan fingerprint density at radius 3 is 2.00 bits per heavy atom. The molecular formula is C4H6F3NO4S. The minimum absolute atomic E-state index is 0.778. The lowest BCUT2D eigenvalue weighted by Crippen LogP contribution is -2.21. The van der Waals surface area contributed by atoms with Crippen molar-refractivity contribution in [3.63, 3.8) is 0 Å². The smallest absolute Gasteiger partial charge is 0.482 e. The first kappa shape index (κ1) is 12.2. The maximum absolute atomic E-state index is 10.7. The Kier molecular flexibility index (Phi) is 4.14. The van der Waals surface area contributed by atoms with Crippen molar-refractivity contribution in [3.05, 3.63) is 0 Å². The van der Waals surface area contributed by atoms with Gasteiger partial charge in [-0.1, -0.05) is 0 Å². The Morgan fingerprint density at radius 1 is 1.46 bits per heavy atom. The first-order valence-corrected chi connectivity index (χ1v) is 4.33. The summed E-state index contributed by atoms with van der Waals surface area (Å²) in [5, 5.41) is 0. The van der Waals surface area contributed by atoms with Crippen LogP contribution in [-0.2, 0) is 14.9 Å². The van der Waals surface area contributed by atoms with Crippen LogP contribution in [0, 0.1) is 0 Å². The molecular weight excluding hydrogens is 215 g/mol. The van der Waals surface area contributed by atoms with Crippen molar-refractivity contribution in [2.24, 2.45) is 4.99 Å². The van der Waals surface area contributed by atoms with Gasteiger partial charge in [0.05, 0.1) is 6.54 Å². The van der Waals surface area contributed by atoms with E-state index in [4.69, 9.17) is 13.0 Å². The highest BCUT2D eigenvalue weighted by atomic mass is 32.2. The van der Waals surface area contributed by atoms with Crippen LogP contribution in [0.25, 0.3) is 0 Å². The summed E-state index contributed by atoms with van der Waals surface area (Å²) in [5.74, 6) is 0. The highest BCUT2D eigenvalue weighted by molar-refractivity contribution is 7.86. The Hall–Kier alpha value is -0.830. The van der Waals surface area contributed by atoms with Crippen molar-refractivity contribution < 1.29 is 30.9 Å². The van der Waals surface area contributed by atoms with Crippen LogP contribution in [0.4, 0.5) is 13.2 Å². The fourth-order valence-corrected chi connectivity index (χ4v) is 0.264. The molecule has 1 aliphatic rings. The molecule has 0 saturated heterocycles. The average Bonchev–Trinajstić information content (AvgIpc) is 2.35. The summed E-state index contributed by atoms with van der Waals surface area (Å²) < 4.78 is 62.2. The Balaban J connectivity index is 0.000000243. The van der Waals surface area contributed by atoms with Crippen LogP contribution in [0.3, 0.4) is 0 Å². The maximum Gasteiger partial charge on any atom is 0.522 e. The summed E-state index contributed by atoms with van der Waals surface area (Å²) in [5.41, 5.74) is -5.53. The Bertz CT molecular complexity index is 264. The van der Waals surface area contributed by atoms with Crippen molar-refractivity contribution in [2.45, 2.75) is 5.51 Å². The zero-order chi connectivity index (χ0) is 10.5. The Morgan fingerprint density at radius 2 is 1.92 bits per heavy atom. The van der Waals surface area contributed by atoms with Gasteiger partial charge >= 0.3 is 15.6 Å². The molecule has 0 bridgehead atoms. The molecule has 0 atom stereocenters. The molecule has 0 aromatic rings. The lowest BCUT2D eigenvalue weighted by atomic mass is 10.8. The lowest BCUT2D eigenvalue weighted by molar-refractivity contribution is -0.0510. The summed E-state index contributed by atoms with van der Waals surface area (Å²) in [4.78, 5) is 3.74. The lowest BCUT2D eigenvalue weighted by Gasteiger charge is -1.97. The molecule has 0 aromatic carbocycles. The minimum atomic E-state index is -5.84. The molecule has 0 amide bonds. The van der Waals surface area contributed by atoms with Crippen LogP contribution in [0.5, 0.6) is 0 Å². The first-order chi connectivity index (χ1) is 5.75. The van der Waals surface area contributed by atoms with Crippen LogP contribution in [0.1, 0.15) is 0 Å². The van der Waals surface area contributed by atoms with Gasteiger partial charge in [-0.05, 0) is 0 Å². The van der Waals surface area contributed by atoms with Gasteiger partial charge in [-0.3, -0.25) is 9.55 Å². The SMILES string of the molecule is C1=NCCO1.O=S(=O)(O)C(F)(F)F. The number of hydrogen-bond donors (Lipinski definition) is 1. The average molecular weight is 221 g/mol. The third-order valence-corrected chi connectivity index (χ3v) is 1.36. The monoisotopic (exact) mass is 221 g/mol. The van der Waals surface area contributed by atoms with Gasteiger partial charge < -0.3 is 4.74 Å². The van der Waals surface area contributed by atoms with E-state index >= 15 is 0 Å². The van der Waals surface area contributed by atoms with Crippen LogP contribution < -0.4 is 0 Å². The van der Waals surface area contributed by atoms with E-state index in [2.05, 4.69) is 9.73 Å². The van der Waals surface area contributed by atoms with Crippen molar-refractivity contribution in [1.29, 1.82) is 0 Å². The van der Waals surface area contributed by atoms with Crippen molar-refractivity contribution >= 4 is 16.5 Å². The molecule has 1 aliphatic heterocycles. The van der Waals surface area contributed by atoms with Gasteiger partial charge in [0, 0.05) is 0 Å². The standard InChI is InChI=1S/C3H5NO.CHF3O3S/c1-2-5-3-4-1;2-1(3,4)8(5,6)7/h3H,1-2H2;(H,5,6,7). The van der Waals surface area contributed by atoms with Gasteiger partial charge in [-0.15, -0.1) is 0 Å². The van der Waals surface area contributed by atoms with Crippen LogP contribution >= 0.6 is 0 Å². The molecule has 0 aliphatic carbocycles. The fraction of sp³-hybridized carbons (Fsp3) is 0.750. The predicted octanol–water partition coefficient (Wildman–Crippen LogP) is 0.439. The zero-order valence-electron chi connectivity index (χ0n) is 6.15. The molecule has 1 rings (SSSR count). The van der Waals surface area contributed by atoms with Crippen molar-refractivity contribution in [1.82, 2.24) is 0 Å². The van der Waals surface area contributed by atoms with E-state index in [0.29, 0.717) is 0 Å². The second kappa shape index (κ2) is 4.42. The van der Waals surface area contributed by atoms with E-state index in [9.17, 15) is 13.2 Å². The molecule has 78 valence electrons. The molecule has 0 radical (unpaired) electrons. The fourth-order valence-electron chi connectivity index (χ4n) is 0.264. The maximum atomic E-state index is 10.7. The van der Waals surface area contributed by atoms with E-state index in [1.807, 2.05) is 0 Å². The number of nitrogens with zero attached hydrogens (tertiary/aromatic N) is 1. The summed E-state index contributed by atoms with van der Waals surface area (Å²) in [6.45, 7) is 1.62. The van der Waals surface area contributed by atoms with E-state index in [-0.39, 0.29) is 0 Å². The molecule has 9 heteroatoms. The number of alkyl halides is 3. The topological polar surface area (TPSA) is 76.0 Å². The highest BCUT2D eigenvalue weighted by Crippen LogP contribution is 2.20. The molecule has 0 spiro atoms. The van der Waals surface area contributed by atoms with E-state index in [0.717, 1.165) is 13.2 Å². The van der Waals surface area contributed by atoms with Crippen LogP contribution in [-0.4, -0.2) is 38.0 Å². The number of ether oxygens (including phenoxy) is 1. The molecule has 5 nitrogen and oxygen atoms in total. The molecule has 0 fully saturated rings. The molecule has 0 saturated carbocycles. The van der Waals surface area contributed by atoms with Gasteiger partial charge in [0.2, 0.25) is 0 Å². The second-order valence-electron chi connectivity index (χ2n) is 1.80. The number of hydrogen-bond acceptors (Lipinski definition) is 4. The van der Waals surface area contributed by atoms with Crippen molar-refractivity contribution in [3.8, 4) is 0 Å². The summed E-state index contributed by atoms with van der Waals surface area (Å²) >= 11 is 0. The normalized spacial score (nSPS) is 16.0. The molecule has 13 heavy (non-hydrogen) atoms. The largest absolute Gasteiger partial charge is 0.522 e. The Labute approximate surface area is 72.0 Å². The van der Waals surface area contributed by atoms with Gasteiger partial charge in [-0.25, -0.2) is 0 Å². The number of aliphatic imine (C=N–C) groups is 1. The van der Waals surface area contributed by atoms with Gasteiger partial charge in [0.1, 0.15) is 6.61 Å². The molecule has 1 heterocycles. The molecule has 0 unspecified atom stereocenters. The van der Waals surface area contributed by atoms with Gasteiger partial charge in [-0.2, -0.15) is 21.6 Å². The molecule has 1 N–H and O–H groups in total. The highest BCUT2D eigenvalue weighted by Gasteiger charge is 2.44. The third-order valence-electron chi connectivity index (χ3n) is 0.780.